The molecule has 2 aliphatic carbocycles. The molecule has 34 heavy (non-hydrogen) atoms. The van der Waals surface area contributed by atoms with E-state index < -0.39 is 30.3 Å². The summed E-state index contributed by atoms with van der Waals surface area (Å²) in [5.74, 6) is 0.0527. The first-order chi connectivity index (χ1) is 16.2. The third-order valence-electron chi connectivity index (χ3n) is 7.16. The molecule has 1 aliphatic heterocycles. The third kappa shape index (κ3) is 4.53. The van der Waals surface area contributed by atoms with E-state index in [4.69, 9.17) is 4.74 Å². The van der Waals surface area contributed by atoms with Crippen LogP contribution >= 0.6 is 0 Å². The predicted octanol–water partition coefficient (Wildman–Crippen LogP) is 4.08. The number of halogens is 3. The number of rotatable bonds is 8. The molecule has 0 radical (unpaired) electrons. The number of aliphatic hydroxyl groups is 1. The van der Waals surface area contributed by atoms with Crippen LogP contribution in [0.4, 0.5) is 13.2 Å². The maximum Gasteiger partial charge on any atom is 0.389 e. The molecule has 1 aromatic carbocycles. The van der Waals surface area contributed by atoms with Crippen LogP contribution in [0.5, 0.6) is 5.75 Å². The molecule has 2 aromatic rings. The lowest BCUT2D eigenvalue weighted by Crippen LogP contribution is -2.48. The molecule has 7 nitrogen and oxygen atoms in total. The van der Waals surface area contributed by atoms with Gasteiger partial charge in [-0.3, -0.25) is 10.00 Å². The summed E-state index contributed by atoms with van der Waals surface area (Å²) >= 11 is 0. The van der Waals surface area contributed by atoms with Gasteiger partial charge in [0.25, 0.3) is 0 Å². The number of fused-ring (bicyclic) bond motifs is 3. The maximum atomic E-state index is 12.3. The predicted molar refractivity (Wildman–Crippen MR) is 116 cm³/mol. The number of hydrogen-bond donors (Lipinski definition) is 3. The van der Waals surface area contributed by atoms with Gasteiger partial charge in [-0.1, -0.05) is 18.9 Å². The number of aromatic nitrogens is 2. The Morgan fingerprint density at radius 3 is 2.82 bits per heavy atom. The van der Waals surface area contributed by atoms with Crippen LogP contribution in [0.25, 0.3) is 0 Å². The second kappa shape index (κ2) is 8.57. The number of nitrogens with one attached hydrogen (secondary N) is 1. The van der Waals surface area contributed by atoms with E-state index in [0.717, 1.165) is 17.5 Å². The van der Waals surface area contributed by atoms with E-state index >= 15 is 0 Å². The highest BCUT2D eigenvalue weighted by molar-refractivity contribution is 5.88. The van der Waals surface area contributed by atoms with Crippen molar-refractivity contribution in [2.75, 3.05) is 6.61 Å². The van der Waals surface area contributed by atoms with E-state index in [1.165, 1.54) is 17.5 Å². The Morgan fingerprint density at radius 2 is 2.12 bits per heavy atom. The first kappa shape index (κ1) is 23.2. The molecular formula is C24H28F3N3O4. The van der Waals surface area contributed by atoms with Gasteiger partial charge < -0.3 is 14.9 Å². The summed E-state index contributed by atoms with van der Waals surface area (Å²) in [4.78, 5) is 12.0. The van der Waals surface area contributed by atoms with Crippen molar-refractivity contribution in [3.8, 4) is 5.75 Å². The van der Waals surface area contributed by atoms with E-state index in [0.29, 0.717) is 48.7 Å². The highest BCUT2D eigenvalue weighted by atomic mass is 19.4. The number of aromatic carboxylic acids is 1. The van der Waals surface area contributed by atoms with Crippen LogP contribution in [0.3, 0.4) is 0 Å². The second-order valence-corrected chi connectivity index (χ2v) is 9.66. The van der Waals surface area contributed by atoms with Crippen LogP contribution in [0.1, 0.15) is 77.6 Å². The minimum Gasteiger partial charge on any atom is -0.494 e. The van der Waals surface area contributed by atoms with Gasteiger partial charge in [0.2, 0.25) is 0 Å². The molecule has 3 aliphatic rings. The average molecular weight is 479 g/mol. The van der Waals surface area contributed by atoms with Gasteiger partial charge in [-0.05, 0) is 54.9 Å². The highest BCUT2D eigenvalue weighted by Gasteiger charge is 2.47. The number of alkyl halides is 3. The van der Waals surface area contributed by atoms with Gasteiger partial charge in [-0.25, -0.2) is 4.79 Å². The largest absolute Gasteiger partial charge is 0.494 e. The fourth-order valence-electron chi connectivity index (χ4n) is 5.33. The summed E-state index contributed by atoms with van der Waals surface area (Å²) in [6.07, 6.45) is -1.26. The molecule has 1 unspecified atom stereocenters. The number of hydrogen-bond acceptors (Lipinski definition) is 5. The number of ether oxygens (including phenoxy) is 1. The van der Waals surface area contributed by atoms with Crippen molar-refractivity contribution in [3.63, 3.8) is 0 Å². The zero-order chi connectivity index (χ0) is 24.1. The Hall–Kier alpha value is -2.59. The maximum absolute atomic E-state index is 12.3. The number of nitrogens with zero attached hydrogens (tertiary/aromatic N) is 2. The lowest BCUT2D eigenvalue weighted by molar-refractivity contribution is -0.136. The van der Waals surface area contributed by atoms with Crippen molar-refractivity contribution in [2.24, 2.45) is 5.92 Å². The molecule has 0 bridgehead atoms. The average Bonchev–Trinajstić information content (AvgIpc) is 3.43. The van der Waals surface area contributed by atoms with E-state index in [9.17, 15) is 28.2 Å². The quantitative estimate of drug-likeness (QED) is 0.494. The van der Waals surface area contributed by atoms with Gasteiger partial charge in [0, 0.05) is 19.4 Å². The molecule has 1 spiro atoms. The fraction of sp³-hybridized carbons (Fsp3) is 0.583. The molecule has 0 amide bonds. The Labute approximate surface area is 194 Å². The second-order valence-electron chi connectivity index (χ2n) is 9.66. The van der Waals surface area contributed by atoms with Crippen LogP contribution in [0, 0.1) is 5.92 Å². The van der Waals surface area contributed by atoms with Crippen molar-refractivity contribution in [2.45, 2.75) is 75.9 Å². The number of aliphatic hydroxyl groups excluding tert-OH is 1. The van der Waals surface area contributed by atoms with Gasteiger partial charge in [0.1, 0.15) is 12.0 Å². The summed E-state index contributed by atoms with van der Waals surface area (Å²) in [5, 5.41) is 28.6. The van der Waals surface area contributed by atoms with Crippen molar-refractivity contribution >= 4 is 5.97 Å². The molecule has 1 fully saturated rings. The molecule has 2 atom stereocenters. The van der Waals surface area contributed by atoms with Crippen molar-refractivity contribution in [1.82, 2.24) is 15.1 Å². The lowest BCUT2D eigenvalue weighted by atomic mass is 9.82. The highest BCUT2D eigenvalue weighted by Crippen LogP contribution is 2.46. The van der Waals surface area contributed by atoms with Crippen LogP contribution in [-0.2, 0) is 24.9 Å². The number of carboxylic acid groups (broad SMARTS) is 1. The van der Waals surface area contributed by atoms with Gasteiger partial charge in [0.15, 0.2) is 5.69 Å². The van der Waals surface area contributed by atoms with Crippen molar-refractivity contribution in [1.29, 1.82) is 0 Å². The summed E-state index contributed by atoms with van der Waals surface area (Å²) in [6, 6.07) is 5.46. The minimum absolute atomic E-state index is 0.0139. The fourth-order valence-corrected chi connectivity index (χ4v) is 5.33. The van der Waals surface area contributed by atoms with Crippen LogP contribution in [0.15, 0.2) is 18.2 Å². The summed E-state index contributed by atoms with van der Waals surface area (Å²) in [5.41, 5.74) is 2.38. The molecule has 0 saturated heterocycles. The van der Waals surface area contributed by atoms with Crippen LogP contribution in [-0.4, -0.2) is 38.7 Å². The van der Waals surface area contributed by atoms with Gasteiger partial charge in [-0.15, -0.1) is 0 Å². The molecule has 3 N–H and O–H groups in total. The van der Waals surface area contributed by atoms with E-state index in [1.807, 2.05) is 12.1 Å². The Kier molecular flexibility index (Phi) is 5.84. The lowest BCUT2D eigenvalue weighted by Gasteiger charge is -2.38. The summed E-state index contributed by atoms with van der Waals surface area (Å²) < 4.78 is 44.0. The molecule has 2 heterocycles. The summed E-state index contributed by atoms with van der Waals surface area (Å²) in [6.45, 7) is 0.505. The zero-order valence-electron chi connectivity index (χ0n) is 18.7. The molecule has 1 saturated carbocycles. The first-order valence-corrected chi connectivity index (χ1v) is 11.8. The van der Waals surface area contributed by atoms with Gasteiger partial charge >= 0.3 is 12.1 Å². The van der Waals surface area contributed by atoms with E-state index in [1.54, 1.807) is 6.07 Å². The topological polar surface area (TPSA) is 96.6 Å². The zero-order valence-corrected chi connectivity index (χ0v) is 18.7. The standard InChI is InChI=1S/C24H28F3N3O4/c25-24(26,27)8-1-11-34-16-4-5-17-15(12-16)6-9-23(17)13-18-19(21(31)28-23)20(22(32)33)30(29-18)10-7-14-2-3-14/h4-5,12,14,21,28,31H,1-3,6-11,13H2,(H,32,33)/t21?,23-/m0/s1. The normalized spacial score (nSPS) is 23.7. The SMILES string of the molecule is O=C(O)c1c2c(nn1CCC1CC1)C[C@]1(CCc3cc(OCCCC(F)(F)F)ccc31)NC2O. The van der Waals surface area contributed by atoms with Gasteiger partial charge in [0.05, 0.1) is 23.4 Å². The van der Waals surface area contributed by atoms with Gasteiger partial charge in [-0.2, -0.15) is 18.3 Å². The molecule has 1 aromatic heterocycles. The molecular weight excluding hydrogens is 451 g/mol. The first-order valence-electron chi connectivity index (χ1n) is 11.8. The molecule has 5 rings (SSSR count). The van der Waals surface area contributed by atoms with Crippen molar-refractivity contribution in [3.05, 3.63) is 46.3 Å². The van der Waals surface area contributed by atoms with Crippen LogP contribution < -0.4 is 10.1 Å². The molecule has 184 valence electrons. The minimum atomic E-state index is -4.19. The number of carboxylic acids is 1. The Morgan fingerprint density at radius 1 is 1.32 bits per heavy atom. The smallest absolute Gasteiger partial charge is 0.389 e. The van der Waals surface area contributed by atoms with E-state index in [2.05, 4.69) is 10.4 Å². The molecule has 10 heteroatoms. The monoisotopic (exact) mass is 479 g/mol. The number of carbonyl (C=O) groups is 1. The Balaban J connectivity index is 1.35. The number of aryl methyl sites for hydroxylation is 2. The number of benzene rings is 1. The summed E-state index contributed by atoms with van der Waals surface area (Å²) in [7, 11) is 0. The third-order valence-corrected chi connectivity index (χ3v) is 7.16. The van der Waals surface area contributed by atoms with Crippen LogP contribution in [0.2, 0.25) is 0 Å². The van der Waals surface area contributed by atoms with E-state index in [-0.39, 0.29) is 18.7 Å². The van der Waals surface area contributed by atoms with Crippen molar-refractivity contribution < 1.29 is 32.9 Å². The Bertz CT molecular complexity index is 1100.